The smallest absolute Gasteiger partial charge is 0.271 e. The molecule has 23 heavy (non-hydrogen) atoms. The average Bonchev–Trinajstić information content (AvgIpc) is 3.02. The second-order valence-corrected chi connectivity index (χ2v) is 7.60. The van der Waals surface area contributed by atoms with Gasteiger partial charge in [-0.15, -0.1) is 11.3 Å². The lowest BCUT2D eigenvalue weighted by Crippen LogP contribution is -2.46. The lowest BCUT2D eigenvalue weighted by atomic mass is 10.0. The van der Waals surface area contributed by atoms with Crippen molar-refractivity contribution in [1.29, 1.82) is 0 Å². The highest BCUT2D eigenvalue weighted by Gasteiger charge is 2.53. The van der Waals surface area contributed by atoms with Crippen LogP contribution in [0.25, 0.3) is 10.9 Å². The van der Waals surface area contributed by atoms with Gasteiger partial charge in [0.2, 0.25) is 0 Å². The number of nitrogen functional groups attached to an aromatic ring is 1. The molecule has 3 heterocycles. The Morgan fingerprint density at radius 3 is 2.96 bits per heavy atom. The maximum Gasteiger partial charge on any atom is 0.271 e. The van der Waals surface area contributed by atoms with Crippen LogP contribution in [0.2, 0.25) is 0 Å². The van der Waals surface area contributed by atoms with Gasteiger partial charge in [0.25, 0.3) is 5.91 Å². The number of thiazole rings is 1. The predicted octanol–water partition coefficient (Wildman–Crippen LogP) is 2.94. The highest BCUT2D eigenvalue weighted by Crippen LogP contribution is 2.50. The van der Waals surface area contributed by atoms with Crippen LogP contribution in [0.15, 0.2) is 30.3 Å². The maximum absolute atomic E-state index is 13.1. The molecule has 1 aromatic carbocycles. The molecule has 1 amide bonds. The molecule has 0 saturated heterocycles. The number of carbonyl (C=O) groups excluding carboxylic acids is 1. The third kappa shape index (κ3) is 1.91. The van der Waals surface area contributed by atoms with E-state index < -0.39 is 0 Å². The first-order valence-electron chi connectivity index (χ1n) is 7.78. The fourth-order valence-corrected chi connectivity index (χ4v) is 4.43. The van der Waals surface area contributed by atoms with Crippen LogP contribution in [0.1, 0.15) is 33.9 Å². The Kier molecular flexibility index (Phi) is 2.48. The topological polar surface area (TPSA) is 75.0 Å². The van der Waals surface area contributed by atoms with Crippen molar-refractivity contribution in [1.82, 2.24) is 14.9 Å². The quantitative estimate of drug-likeness (QED) is 0.722. The molecular formula is C17H16N4OS. The third-order valence-electron chi connectivity index (χ3n) is 5.00. The molecule has 3 N–H and O–H groups in total. The average molecular weight is 324 g/mol. The molecule has 0 atom stereocenters. The standard InChI is InChI=1S/C17H16N4OS/c18-16-20-13-8-17(5-6-17)21(9-14(13)23-16)15(22)12-7-10-3-1-2-4-11(10)19-12/h1-4,7,19H,5-6,8-9H2,(H2,18,20). The van der Waals surface area contributed by atoms with Crippen LogP contribution in [0.3, 0.4) is 0 Å². The number of nitrogens with two attached hydrogens (primary N) is 1. The van der Waals surface area contributed by atoms with E-state index in [4.69, 9.17) is 5.73 Å². The molecule has 0 radical (unpaired) electrons. The summed E-state index contributed by atoms with van der Waals surface area (Å²) in [5.41, 5.74) is 8.56. The van der Waals surface area contributed by atoms with E-state index in [0.717, 1.165) is 40.7 Å². The van der Waals surface area contributed by atoms with E-state index in [2.05, 4.69) is 9.97 Å². The summed E-state index contributed by atoms with van der Waals surface area (Å²) in [5, 5.41) is 1.67. The molecule has 3 aromatic rings. The van der Waals surface area contributed by atoms with Crippen molar-refractivity contribution in [2.45, 2.75) is 31.3 Å². The Labute approximate surface area is 137 Å². The van der Waals surface area contributed by atoms with E-state index in [0.29, 0.717) is 17.4 Å². The van der Waals surface area contributed by atoms with Gasteiger partial charge in [-0.2, -0.15) is 0 Å². The summed E-state index contributed by atoms with van der Waals surface area (Å²) in [5.74, 6) is 0.0799. The molecule has 5 nitrogen and oxygen atoms in total. The Morgan fingerprint density at radius 1 is 1.35 bits per heavy atom. The Balaban J connectivity index is 1.54. The minimum atomic E-state index is -0.0398. The first kappa shape index (κ1) is 13.1. The van der Waals surface area contributed by atoms with Crippen molar-refractivity contribution in [3.05, 3.63) is 46.6 Å². The largest absolute Gasteiger partial charge is 0.375 e. The molecule has 1 spiro atoms. The number of H-pyrrole nitrogens is 1. The molecule has 6 heteroatoms. The zero-order chi connectivity index (χ0) is 15.6. The third-order valence-corrected chi connectivity index (χ3v) is 5.91. The van der Waals surface area contributed by atoms with Gasteiger partial charge in [-0.3, -0.25) is 4.79 Å². The van der Waals surface area contributed by atoms with Gasteiger partial charge in [0.05, 0.1) is 12.2 Å². The Morgan fingerprint density at radius 2 is 2.17 bits per heavy atom. The van der Waals surface area contributed by atoms with E-state index in [1.807, 2.05) is 35.2 Å². The van der Waals surface area contributed by atoms with Crippen LogP contribution < -0.4 is 5.73 Å². The van der Waals surface area contributed by atoms with Gasteiger partial charge in [-0.1, -0.05) is 18.2 Å². The van der Waals surface area contributed by atoms with Crippen LogP contribution in [0.4, 0.5) is 5.13 Å². The van der Waals surface area contributed by atoms with Gasteiger partial charge < -0.3 is 15.6 Å². The van der Waals surface area contributed by atoms with E-state index in [1.54, 1.807) is 0 Å². The number of nitrogens with one attached hydrogen (secondary N) is 1. The van der Waals surface area contributed by atoms with Gasteiger partial charge in [-0.25, -0.2) is 4.98 Å². The number of rotatable bonds is 1. The molecule has 2 aromatic heterocycles. The van der Waals surface area contributed by atoms with Crippen molar-refractivity contribution in [3.8, 4) is 0 Å². The Hall–Kier alpha value is -2.34. The molecule has 2 aliphatic rings. The molecule has 1 saturated carbocycles. The van der Waals surface area contributed by atoms with Crippen molar-refractivity contribution in [3.63, 3.8) is 0 Å². The van der Waals surface area contributed by atoms with Crippen molar-refractivity contribution in [2.24, 2.45) is 0 Å². The molecule has 5 rings (SSSR count). The SMILES string of the molecule is Nc1nc2c(s1)CN(C(=O)c1cc3ccccc3[nH]1)C1(CC1)C2. The van der Waals surface area contributed by atoms with Crippen LogP contribution in [-0.4, -0.2) is 26.3 Å². The van der Waals surface area contributed by atoms with Crippen molar-refractivity contribution in [2.75, 3.05) is 5.73 Å². The number of benzene rings is 1. The molecule has 116 valence electrons. The van der Waals surface area contributed by atoms with Gasteiger partial charge in [0.1, 0.15) is 5.69 Å². The van der Waals surface area contributed by atoms with Gasteiger partial charge in [-0.05, 0) is 25.0 Å². The summed E-state index contributed by atoms with van der Waals surface area (Å²) >= 11 is 1.50. The summed E-state index contributed by atoms with van der Waals surface area (Å²) in [7, 11) is 0. The van der Waals surface area contributed by atoms with Crippen LogP contribution >= 0.6 is 11.3 Å². The number of amides is 1. The number of aromatic amines is 1. The molecule has 1 aliphatic carbocycles. The second-order valence-electron chi connectivity index (χ2n) is 6.48. The first-order valence-corrected chi connectivity index (χ1v) is 8.60. The number of fused-ring (bicyclic) bond motifs is 2. The lowest BCUT2D eigenvalue weighted by Gasteiger charge is -2.35. The number of para-hydroxylation sites is 1. The zero-order valence-electron chi connectivity index (χ0n) is 12.5. The fourth-order valence-electron chi connectivity index (χ4n) is 3.60. The minimum absolute atomic E-state index is 0.0398. The molecular weight excluding hydrogens is 308 g/mol. The summed E-state index contributed by atoms with van der Waals surface area (Å²) in [6.45, 7) is 0.623. The van der Waals surface area contributed by atoms with Crippen LogP contribution in [0, 0.1) is 0 Å². The summed E-state index contributed by atoms with van der Waals surface area (Å²) in [6.07, 6.45) is 2.94. The first-order chi connectivity index (χ1) is 11.1. The van der Waals surface area contributed by atoms with Crippen LogP contribution in [-0.2, 0) is 13.0 Å². The Bertz CT molecular complexity index is 904. The van der Waals surface area contributed by atoms with Gasteiger partial charge in [0.15, 0.2) is 5.13 Å². The maximum atomic E-state index is 13.1. The minimum Gasteiger partial charge on any atom is -0.375 e. The van der Waals surface area contributed by atoms with Gasteiger partial charge >= 0.3 is 0 Å². The fraction of sp³-hybridized carbons (Fsp3) is 0.294. The molecule has 1 aliphatic heterocycles. The number of anilines is 1. The van der Waals surface area contributed by atoms with E-state index >= 15 is 0 Å². The van der Waals surface area contributed by atoms with Crippen molar-refractivity contribution >= 4 is 33.3 Å². The van der Waals surface area contributed by atoms with E-state index in [1.165, 1.54) is 11.3 Å². The molecule has 0 unspecified atom stereocenters. The lowest BCUT2D eigenvalue weighted by molar-refractivity contribution is 0.0602. The molecule has 1 fully saturated rings. The van der Waals surface area contributed by atoms with Gasteiger partial charge in [0, 0.05) is 27.7 Å². The highest BCUT2D eigenvalue weighted by molar-refractivity contribution is 7.15. The number of carbonyl (C=O) groups is 1. The molecule has 0 bridgehead atoms. The van der Waals surface area contributed by atoms with E-state index in [-0.39, 0.29) is 11.4 Å². The zero-order valence-corrected chi connectivity index (χ0v) is 13.3. The highest BCUT2D eigenvalue weighted by atomic mass is 32.1. The van der Waals surface area contributed by atoms with Crippen molar-refractivity contribution < 1.29 is 4.79 Å². The van der Waals surface area contributed by atoms with Crippen LogP contribution in [0.5, 0.6) is 0 Å². The monoisotopic (exact) mass is 324 g/mol. The summed E-state index contributed by atoms with van der Waals surface area (Å²) in [6, 6.07) is 9.93. The summed E-state index contributed by atoms with van der Waals surface area (Å²) < 4.78 is 0. The number of hydrogen-bond acceptors (Lipinski definition) is 4. The second kappa shape index (κ2) is 4.35. The number of hydrogen-bond donors (Lipinski definition) is 2. The summed E-state index contributed by atoms with van der Waals surface area (Å²) in [4.78, 5) is 23.9. The van der Waals surface area contributed by atoms with E-state index in [9.17, 15) is 4.79 Å². The number of nitrogens with zero attached hydrogens (tertiary/aromatic N) is 2. The predicted molar refractivity (Wildman–Crippen MR) is 90.4 cm³/mol. The normalized spacial score (nSPS) is 18.3. The number of aromatic nitrogens is 2.